The van der Waals surface area contributed by atoms with E-state index < -0.39 is 92.4 Å². The van der Waals surface area contributed by atoms with Crippen LogP contribution < -0.4 is 33.2 Å². The maximum absolute atomic E-state index is 14.9. The largest absolute Gasteiger partial charge is 0.374 e. The van der Waals surface area contributed by atoms with Gasteiger partial charge in [-0.25, -0.2) is 35.1 Å². The minimum absolute atomic E-state index is 0.0915. The van der Waals surface area contributed by atoms with E-state index in [0.717, 1.165) is 46.2 Å². The third-order valence-corrected chi connectivity index (χ3v) is 8.70. The molecule has 8 N–H and O–H groups in total. The SMILES string of the molecule is Nc1nnc(SCC(=O)NNc2c(F)c(F)c(-c3c(F)c(F)c(NNC(=O)CSc4nnc(N)s4)c(F)c3F)c(F)c2F)s1. The molecule has 0 fully saturated rings. The number of thioether (sulfide) groups is 2. The summed E-state index contributed by atoms with van der Waals surface area (Å²) in [7, 11) is 0. The number of rotatable bonds is 11. The highest BCUT2D eigenvalue weighted by molar-refractivity contribution is 8.01. The molecule has 2 heterocycles. The molecule has 0 aliphatic heterocycles. The number of nitrogens with one attached hydrogen (secondary N) is 4. The first kappa shape index (κ1) is 32.7. The number of carbonyl (C=O) groups is 2. The Morgan fingerprint density at radius 3 is 1.16 bits per heavy atom. The number of carbonyl (C=O) groups excluding carboxylic acids is 2. The number of hydrogen-bond acceptors (Lipinski definition) is 14. The summed E-state index contributed by atoms with van der Waals surface area (Å²) in [5.41, 5.74) is 9.87. The summed E-state index contributed by atoms with van der Waals surface area (Å²) in [6, 6.07) is 0. The van der Waals surface area contributed by atoms with Gasteiger partial charge in [0, 0.05) is 0 Å². The van der Waals surface area contributed by atoms with Gasteiger partial charge in [0.25, 0.3) is 0 Å². The van der Waals surface area contributed by atoms with Gasteiger partial charge in [-0.3, -0.25) is 31.3 Å². The van der Waals surface area contributed by atoms with E-state index in [1.165, 1.54) is 0 Å². The van der Waals surface area contributed by atoms with E-state index in [1.807, 2.05) is 0 Å². The number of hydrazine groups is 2. The second-order valence-corrected chi connectivity index (χ2v) is 12.2. The predicted octanol–water partition coefficient (Wildman–Crippen LogP) is 3.80. The van der Waals surface area contributed by atoms with Crippen molar-refractivity contribution >= 4 is 79.6 Å². The van der Waals surface area contributed by atoms with Gasteiger partial charge in [0.05, 0.1) is 22.6 Å². The number of hydrogen-bond donors (Lipinski definition) is 6. The molecule has 0 aliphatic rings. The van der Waals surface area contributed by atoms with Gasteiger partial charge in [-0.1, -0.05) is 46.2 Å². The van der Waals surface area contributed by atoms with Crippen LogP contribution in [-0.2, 0) is 9.59 Å². The van der Waals surface area contributed by atoms with Gasteiger partial charge in [-0.15, -0.1) is 20.4 Å². The highest BCUT2D eigenvalue weighted by Crippen LogP contribution is 2.40. The summed E-state index contributed by atoms with van der Waals surface area (Å²) in [5.74, 6) is -22.0. The van der Waals surface area contributed by atoms with E-state index in [-0.39, 0.29) is 18.9 Å². The standard InChI is InChI=1S/C20H12F8N10O2S4/c21-7-5(8(22)12(26)15(11(7)25)33-31-3(39)1-41-19-37-35-17(29)43-19)6-9(23)13(27)16(14(28)10(6)24)34-32-4(40)2-42-20-38-36-18(30)44-20/h33-34H,1-2H2,(H2,29,35)(H2,30,36)(H,31,39)(H,32,40). The van der Waals surface area contributed by atoms with Crippen molar-refractivity contribution in [1.82, 2.24) is 31.2 Å². The highest BCUT2D eigenvalue weighted by Gasteiger charge is 2.34. The van der Waals surface area contributed by atoms with Crippen molar-refractivity contribution < 1.29 is 44.7 Å². The average molecular weight is 705 g/mol. The van der Waals surface area contributed by atoms with Crippen molar-refractivity contribution in [2.24, 2.45) is 0 Å². The molecule has 234 valence electrons. The molecule has 0 radical (unpaired) electrons. The van der Waals surface area contributed by atoms with Gasteiger partial charge in [-0.05, 0) is 0 Å². The molecule has 0 bridgehead atoms. The van der Waals surface area contributed by atoms with Gasteiger partial charge in [0.2, 0.25) is 22.1 Å². The van der Waals surface area contributed by atoms with Crippen LogP contribution in [0.15, 0.2) is 8.68 Å². The molecule has 0 spiro atoms. The average Bonchev–Trinajstić information content (AvgIpc) is 3.61. The summed E-state index contributed by atoms with van der Waals surface area (Å²) >= 11 is 3.43. The van der Waals surface area contributed by atoms with E-state index in [9.17, 15) is 44.7 Å². The Balaban J connectivity index is 1.53. The topological polar surface area (TPSA) is 186 Å². The van der Waals surface area contributed by atoms with Crippen molar-refractivity contribution in [2.75, 3.05) is 33.8 Å². The first-order chi connectivity index (χ1) is 20.8. The molecule has 0 atom stereocenters. The summed E-state index contributed by atoms with van der Waals surface area (Å²) in [6.45, 7) is 0. The highest BCUT2D eigenvalue weighted by atomic mass is 32.2. The molecule has 24 heteroatoms. The van der Waals surface area contributed by atoms with Crippen molar-refractivity contribution in [3.63, 3.8) is 0 Å². The van der Waals surface area contributed by atoms with Crippen LogP contribution in [0.2, 0.25) is 0 Å². The minimum Gasteiger partial charge on any atom is -0.374 e. The first-order valence-electron chi connectivity index (χ1n) is 11.1. The molecule has 0 unspecified atom stereocenters. The number of halogens is 8. The molecular formula is C20H12F8N10O2S4. The number of anilines is 4. The Hall–Kier alpha value is -4.16. The molecule has 44 heavy (non-hydrogen) atoms. The molecular weight excluding hydrogens is 693 g/mol. The fourth-order valence-electron chi connectivity index (χ4n) is 3.07. The summed E-state index contributed by atoms with van der Waals surface area (Å²) in [5, 5.41) is 14.4. The Labute approximate surface area is 255 Å². The summed E-state index contributed by atoms with van der Waals surface area (Å²) in [6.07, 6.45) is 0. The van der Waals surface area contributed by atoms with Crippen molar-refractivity contribution in [3.8, 4) is 11.1 Å². The summed E-state index contributed by atoms with van der Waals surface area (Å²) in [4.78, 5) is 23.9. The molecule has 12 nitrogen and oxygen atoms in total. The summed E-state index contributed by atoms with van der Waals surface area (Å²) < 4.78 is 119. The lowest BCUT2D eigenvalue weighted by Crippen LogP contribution is -2.32. The van der Waals surface area contributed by atoms with Crippen molar-refractivity contribution in [1.29, 1.82) is 0 Å². The minimum atomic E-state index is -2.47. The van der Waals surface area contributed by atoms with Gasteiger partial charge in [-0.2, -0.15) is 0 Å². The van der Waals surface area contributed by atoms with E-state index in [2.05, 4.69) is 20.4 Å². The third kappa shape index (κ3) is 6.97. The fraction of sp³-hybridized carbons (Fsp3) is 0.100. The number of aromatic nitrogens is 4. The van der Waals surface area contributed by atoms with Gasteiger partial charge < -0.3 is 11.5 Å². The molecule has 2 aromatic carbocycles. The van der Waals surface area contributed by atoms with Crippen molar-refractivity contribution in [2.45, 2.75) is 8.68 Å². The zero-order valence-corrected chi connectivity index (χ0v) is 24.1. The molecule has 2 aromatic heterocycles. The quantitative estimate of drug-likeness (QED) is 0.0575. The van der Waals surface area contributed by atoms with Gasteiger partial charge in [0.1, 0.15) is 11.4 Å². The molecule has 4 aromatic rings. The Morgan fingerprint density at radius 1 is 0.568 bits per heavy atom. The maximum atomic E-state index is 14.9. The third-order valence-electron chi connectivity index (χ3n) is 4.93. The molecule has 2 amide bonds. The van der Waals surface area contributed by atoms with Crippen molar-refractivity contribution in [3.05, 3.63) is 46.5 Å². The molecule has 0 saturated carbocycles. The smallest absolute Gasteiger partial charge is 0.248 e. The zero-order valence-electron chi connectivity index (χ0n) is 20.8. The zero-order chi connectivity index (χ0) is 32.3. The second-order valence-electron chi connectivity index (χ2n) is 7.75. The van der Waals surface area contributed by atoms with E-state index in [0.29, 0.717) is 0 Å². The normalized spacial score (nSPS) is 11.0. The van der Waals surface area contributed by atoms with E-state index >= 15 is 0 Å². The lowest BCUT2D eigenvalue weighted by molar-refractivity contribution is -0.118. The number of benzene rings is 2. The number of nitrogens with zero attached hydrogens (tertiary/aromatic N) is 4. The van der Waals surface area contributed by atoms with Crippen LogP contribution in [0.5, 0.6) is 0 Å². The van der Waals surface area contributed by atoms with Crippen LogP contribution in [0.4, 0.5) is 56.8 Å². The van der Waals surface area contributed by atoms with Gasteiger partial charge >= 0.3 is 0 Å². The van der Waals surface area contributed by atoms with E-state index in [4.69, 9.17) is 11.5 Å². The number of nitrogen functional groups attached to an aromatic ring is 2. The molecule has 4 rings (SSSR count). The van der Waals surface area contributed by atoms with Crippen LogP contribution in [0.3, 0.4) is 0 Å². The second kappa shape index (κ2) is 13.6. The lowest BCUT2D eigenvalue weighted by atomic mass is 10.00. The Bertz CT molecular complexity index is 1570. The molecule has 0 saturated heterocycles. The maximum Gasteiger partial charge on any atom is 0.248 e. The Morgan fingerprint density at radius 2 is 0.886 bits per heavy atom. The number of amides is 2. The monoisotopic (exact) mass is 704 g/mol. The Kier molecular flexibility index (Phi) is 10.2. The fourth-order valence-corrected chi connectivity index (χ4v) is 5.94. The van der Waals surface area contributed by atoms with Crippen LogP contribution in [0.25, 0.3) is 11.1 Å². The van der Waals surface area contributed by atoms with Crippen LogP contribution in [-0.4, -0.2) is 43.7 Å². The van der Waals surface area contributed by atoms with Crippen LogP contribution >= 0.6 is 46.2 Å². The molecule has 0 aliphatic carbocycles. The first-order valence-corrected chi connectivity index (χ1v) is 14.7. The van der Waals surface area contributed by atoms with Crippen LogP contribution in [0.1, 0.15) is 0 Å². The lowest BCUT2D eigenvalue weighted by Gasteiger charge is -2.17. The predicted molar refractivity (Wildman–Crippen MR) is 145 cm³/mol. The number of nitrogens with two attached hydrogens (primary N) is 2. The van der Waals surface area contributed by atoms with Crippen LogP contribution in [0, 0.1) is 46.5 Å². The van der Waals surface area contributed by atoms with E-state index in [1.54, 1.807) is 21.7 Å². The van der Waals surface area contributed by atoms with Gasteiger partial charge in [0.15, 0.2) is 55.2 Å².